The molecule has 1 aromatic heterocycles. The van der Waals surface area contributed by atoms with Crippen molar-refractivity contribution in [1.82, 2.24) is 4.72 Å². The van der Waals surface area contributed by atoms with Gasteiger partial charge < -0.3 is 5.11 Å². The zero-order chi connectivity index (χ0) is 22.4. The molecular weight excluding hydrogens is 464 g/mol. The maximum atomic E-state index is 12.9. The fourth-order valence-electron chi connectivity index (χ4n) is 3.44. The van der Waals surface area contributed by atoms with Crippen molar-refractivity contribution in [3.05, 3.63) is 81.4 Å². The van der Waals surface area contributed by atoms with E-state index in [-0.39, 0.29) is 16.3 Å². The molecule has 0 aliphatic heterocycles. The molecule has 1 fully saturated rings. The van der Waals surface area contributed by atoms with Gasteiger partial charge in [-0.3, -0.25) is 14.9 Å². The number of nitrogens with one attached hydrogen (secondary N) is 1. The van der Waals surface area contributed by atoms with E-state index < -0.39 is 32.4 Å². The van der Waals surface area contributed by atoms with Crippen LogP contribution < -0.4 is 4.72 Å². The molecule has 31 heavy (non-hydrogen) atoms. The molecule has 8 nitrogen and oxygen atoms in total. The molecule has 2 atom stereocenters. The zero-order valence-electron chi connectivity index (χ0n) is 15.7. The summed E-state index contributed by atoms with van der Waals surface area (Å²) in [5.41, 5.74) is -0.757. The highest BCUT2D eigenvalue weighted by molar-refractivity contribution is 7.91. The Hall–Kier alpha value is -2.79. The minimum absolute atomic E-state index is 0.00184. The molecule has 1 aliphatic rings. The second kappa shape index (κ2) is 7.72. The highest BCUT2D eigenvalue weighted by Crippen LogP contribution is 2.53. The molecule has 0 saturated heterocycles. The molecule has 1 aliphatic carbocycles. The quantitative estimate of drug-likeness (QED) is 0.385. The van der Waals surface area contributed by atoms with E-state index in [2.05, 4.69) is 4.72 Å². The molecule has 0 radical (unpaired) electrons. The molecule has 0 bridgehead atoms. The lowest BCUT2D eigenvalue weighted by Crippen LogP contribution is -2.44. The van der Waals surface area contributed by atoms with E-state index in [1.165, 1.54) is 24.3 Å². The predicted octanol–water partition coefficient (Wildman–Crippen LogP) is 4.27. The van der Waals surface area contributed by atoms with Gasteiger partial charge in [0.2, 0.25) is 0 Å². The third-order valence-electron chi connectivity index (χ3n) is 5.12. The third kappa shape index (κ3) is 4.07. The summed E-state index contributed by atoms with van der Waals surface area (Å²) < 4.78 is 28.2. The number of nitro benzene ring substituents is 1. The number of hydrogen-bond acceptors (Lipinski definition) is 6. The van der Waals surface area contributed by atoms with Crippen molar-refractivity contribution in [2.24, 2.45) is 0 Å². The average Bonchev–Trinajstić information content (AvgIpc) is 3.22. The smallest absolute Gasteiger partial charge is 0.325 e. The van der Waals surface area contributed by atoms with Crippen LogP contribution in [0.4, 0.5) is 5.69 Å². The minimum atomic E-state index is -4.14. The van der Waals surface area contributed by atoms with Crippen LogP contribution >= 0.6 is 22.9 Å². The maximum absolute atomic E-state index is 12.9. The van der Waals surface area contributed by atoms with Gasteiger partial charge in [-0.1, -0.05) is 35.9 Å². The number of sulfonamides is 1. The molecule has 2 unspecified atom stereocenters. The third-order valence-corrected chi connectivity index (χ3v) is 8.51. The monoisotopic (exact) mass is 478 g/mol. The standard InChI is InChI=1S/C20H15ClN2O6S2/c21-14-6-4-12(5-7-14)17-8-9-18(30-17)31(28,29)22-20(19(24)25)11-16(20)13-2-1-3-15(10-13)23(26)27/h1-10,16,22H,11H2,(H,24,25). The Labute approximate surface area is 186 Å². The molecule has 4 rings (SSSR count). The largest absolute Gasteiger partial charge is 0.480 e. The Morgan fingerprint density at radius 1 is 1.19 bits per heavy atom. The van der Waals surface area contributed by atoms with Gasteiger partial charge >= 0.3 is 5.97 Å². The van der Waals surface area contributed by atoms with E-state index in [9.17, 15) is 28.4 Å². The van der Waals surface area contributed by atoms with E-state index >= 15 is 0 Å². The summed E-state index contributed by atoms with van der Waals surface area (Å²) in [6.07, 6.45) is -0.00184. The first-order chi connectivity index (χ1) is 14.6. The van der Waals surface area contributed by atoms with E-state index in [0.717, 1.165) is 16.9 Å². The van der Waals surface area contributed by atoms with Gasteiger partial charge in [0, 0.05) is 28.0 Å². The van der Waals surface area contributed by atoms with Gasteiger partial charge in [0.05, 0.1) is 4.92 Å². The molecule has 0 amide bonds. The van der Waals surface area contributed by atoms with Crippen molar-refractivity contribution >= 4 is 44.6 Å². The van der Waals surface area contributed by atoms with Crippen LogP contribution in [0.2, 0.25) is 5.02 Å². The Kier molecular flexibility index (Phi) is 5.34. The Bertz CT molecular complexity index is 1290. The van der Waals surface area contributed by atoms with Crippen LogP contribution in [-0.4, -0.2) is 30.0 Å². The van der Waals surface area contributed by atoms with E-state index in [1.807, 2.05) is 0 Å². The Balaban J connectivity index is 1.61. The Morgan fingerprint density at radius 3 is 2.55 bits per heavy atom. The van der Waals surface area contributed by atoms with Gasteiger partial charge in [0.1, 0.15) is 9.75 Å². The van der Waals surface area contributed by atoms with Gasteiger partial charge in [-0.15, -0.1) is 11.3 Å². The summed E-state index contributed by atoms with van der Waals surface area (Å²) in [7, 11) is -4.14. The van der Waals surface area contributed by atoms with Crippen molar-refractivity contribution in [2.45, 2.75) is 22.1 Å². The number of non-ortho nitro benzene ring substituents is 1. The number of carboxylic acids is 1. The molecule has 0 spiro atoms. The molecule has 2 aromatic carbocycles. The summed E-state index contributed by atoms with van der Waals surface area (Å²) in [5.74, 6) is -2.04. The van der Waals surface area contributed by atoms with E-state index in [0.29, 0.717) is 15.5 Å². The average molecular weight is 479 g/mol. The number of benzene rings is 2. The molecule has 2 N–H and O–H groups in total. The number of aliphatic carboxylic acids is 1. The van der Waals surface area contributed by atoms with Gasteiger partial charge in [0.25, 0.3) is 15.7 Å². The normalized spacial score (nSPS) is 20.4. The maximum Gasteiger partial charge on any atom is 0.325 e. The van der Waals surface area contributed by atoms with Crippen LogP contribution in [0.25, 0.3) is 10.4 Å². The van der Waals surface area contributed by atoms with Gasteiger partial charge in [-0.2, -0.15) is 4.72 Å². The number of thiophene rings is 1. The number of halogens is 1. The molecule has 1 heterocycles. The van der Waals surface area contributed by atoms with E-state index in [1.54, 1.807) is 36.4 Å². The highest BCUT2D eigenvalue weighted by atomic mass is 35.5. The number of hydrogen-bond donors (Lipinski definition) is 2. The van der Waals surface area contributed by atoms with Crippen molar-refractivity contribution in [1.29, 1.82) is 0 Å². The lowest BCUT2D eigenvalue weighted by Gasteiger charge is -2.14. The number of carbonyl (C=O) groups is 1. The second-order valence-corrected chi connectivity index (χ2v) is 10.5. The molecular formula is C20H15ClN2O6S2. The molecule has 1 saturated carbocycles. The summed E-state index contributed by atoms with van der Waals surface area (Å²) in [6.45, 7) is 0. The number of nitrogens with zero attached hydrogens (tertiary/aromatic N) is 1. The second-order valence-electron chi connectivity index (χ2n) is 7.12. The number of nitro groups is 1. The van der Waals surface area contributed by atoms with Gasteiger partial charge in [-0.05, 0) is 41.8 Å². The van der Waals surface area contributed by atoms with Crippen molar-refractivity contribution in [2.75, 3.05) is 0 Å². The van der Waals surface area contributed by atoms with Gasteiger partial charge in [-0.25, -0.2) is 8.42 Å². The summed E-state index contributed by atoms with van der Waals surface area (Å²) in [5, 5.41) is 21.3. The number of carboxylic acid groups (broad SMARTS) is 1. The predicted molar refractivity (Wildman–Crippen MR) is 116 cm³/mol. The summed E-state index contributed by atoms with van der Waals surface area (Å²) >= 11 is 6.89. The molecule has 11 heteroatoms. The SMILES string of the molecule is O=C(O)C1(NS(=O)(=O)c2ccc(-c3ccc(Cl)cc3)s2)CC1c1cccc([N+](=O)[O-])c1. The lowest BCUT2D eigenvalue weighted by molar-refractivity contribution is -0.384. The van der Waals surface area contributed by atoms with Crippen LogP contribution in [0.3, 0.4) is 0 Å². The lowest BCUT2D eigenvalue weighted by atomic mass is 10.1. The molecule has 3 aromatic rings. The van der Waals surface area contributed by atoms with Gasteiger partial charge in [0.15, 0.2) is 0 Å². The van der Waals surface area contributed by atoms with Crippen LogP contribution in [0.5, 0.6) is 0 Å². The fraction of sp³-hybridized carbons (Fsp3) is 0.150. The Morgan fingerprint density at radius 2 is 1.90 bits per heavy atom. The fourth-order valence-corrected chi connectivity index (χ4v) is 6.28. The first kappa shape index (κ1) is 21.4. The number of rotatable bonds is 7. The topological polar surface area (TPSA) is 127 Å². The summed E-state index contributed by atoms with van der Waals surface area (Å²) in [4.78, 5) is 23.1. The van der Waals surface area contributed by atoms with Crippen LogP contribution in [0.1, 0.15) is 17.9 Å². The first-order valence-electron chi connectivity index (χ1n) is 9.00. The van der Waals surface area contributed by atoms with Crippen molar-refractivity contribution < 1.29 is 23.2 Å². The first-order valence-corrected chi connectivity index (χ1v) is 11.7. The van der Waals surface area contributed by atoms with Crippen molar-refractivity contribution in [3.8, 4) is 10.4 Å². The van der Waals surface area contributed by atoms with Crippen LogP contribution in [-0.2, 0) is 14.8 Å². The zero-order valence-corrected chi connectivity index (χ0v) is 18.1. The van der Waals surface area contributed by atoms with E-state index in [4.69, 9.17) is 11.6 Å². The van der Waals surface area contributed by atoms with Crippen LogP contribution in [0.15, 0.2) is 64.9 Å². The molecule has 160 valence electrons. The highest BCUT2D eigenvalue weighted by Gasteiger charge is 2.63. The summed E-state index contributed by atoms with van der Waals surface area (Å²) in [6, 6.07) is 15.5. The minimum Gasteiger partial charge on any atom is -0.480 e. The van der Waals surface area contributed by atoms with Crippen molar-refractivity contribution in [3.63, 3.8) is 0 Å². The van der Waals surface area contributed by atoms with Crippen LogP contribution in [0, 0.1) is 10.1 Å².